The first-order valence-electron chi connectivity index (χ1n) is 6.02. The van der Waals surface area contributed by atoms with Gasteiger partial charge in [0.1, 0.15) is 5.56 Å². The number of nitrogens with zero attached hydrogens (tertiary/aromatic N) is 2. The molecular weight excluding hydrogens is 286 g/mol. The summed E-state index contributed by atoms with van der Waals surface area (Å²) in [7, 11) is 0. The van der Waals surface area contributed by atoms with Gasteiger partial charge < -0.3 is 5.32 Å². The molecule has 0 aliphatic rings. The highest BCUT2D eigenvalue weighted by Gasteiger charge is 2.13. The lowest BCUT2D eigenvalue weighted by Gasteiger charge is -2.05. The van der Waals surface area contributed by atoms with Crippen LogP contribution < -0.4 is 10.9 Å². The molecule has 1 aromatic carbocycles. The lowest BCUT2D eigenvalue weighted by atomic mass is 10.2. The van der Waals surface area contributed by atoms with Crippen molar-refractivity contribution < 1.29 is 4.79 Å². The molecule has 0 aliphatic carbocycles. The summed E-state index contributed by atoms with van der Waals surface area (Å²) in [5, 5.41) is 4.39. The van der Waals surface area contributed by atoms with Gasteiger partial charge in [-0.15, -0.1) is 17.8 Å². The molecule has 0 saturated heterocycles. The van der Waals surface area contributed by atoms with E-state index in [0.717, 1.165) is 5.56 Å². The van der Waals surface area contributed by atoms with Crippen LogP contribution in [0.5, 0.6) is 0 Å². The van der Waals surface area contributed by atoms with E-state index < -0.39 is 5.91 Å². The third-order valence-electron chi connectivity index (χ3n) is 2.90. The summed E-state index contributed by atoms with van der Waals surface area (Å²) in [5.41, 5.74) is 0.883. The average molecular weight is 295 g/mol. The molecule has 3 rings (SSSR count). The molecule has 5 nitrogen and oxygen atoms in total. The van der Waals surface area contributed by atoms with Crippen molar-refractivity contribution in [1.29, 1.82) is 0 Å². The highest BCUT2D eigenvalue weighted by atomic mass is 32.1. The fourth-order valence-electron chi connectivity index (χ4n) is 1.83. The van der Waals surface area contributed by atoms with Crippen LogP contribution in [0.25, 0.3) is 4.96 Å². The molecule has 21 heavy (non-hydrogen) atoms. The monoisotopic (exact) mass is 295 g/mol. The molecule has 0 fully saturated rings. The predicted octanol–water partition coefficient (Wildman–Crippen LogP) is 1.99. The number of nitrogens with one attached hydrogen (secondary N) is 1. The zero-order chi connectivity index (χ0) is 14.8. The number of terminal acetylenes is 1. The number of hydrogen-bond acceptors (Lipinski definition) is 4. The van der Waals surface area contributed by atoms with Crippen LogP contribution in [0.1, 0.15) is 15.9 Å². The molecule has 0 bridgehead atoms. The van der Waals surface area contributed by atoms with E-state index in [2.05, 4.69) is 16.2 Å². The molecule has 0 unspecified atom stereocenters. The number of carbonyl (C=O) groups excluding carboxylic acids is 1. The average Bonchev–Trinajstić information content (AvgIpc) is 2.98. The second-order valence-electron chi connectivity index (χ2n) is 4.21. The molecule has 2 aromatic heterocycles. The van der Waals surface area contributed by atoms with Crippen molar-refractivity contribution in [2.45, 2.75) is 0 Å². The molecule has 102 valence electrons. The molecule has 1 amide bonds. The Morgan fingerprint density at radius 3 is 2.81 bits per heavy atom. The maximum absolute atomic E-state index is 12.2. The SMILES string of the molecule is C#Cc1ccc(NC(=O)c2cnc3sccn3c2=O)cc1. The van der Waals surface area contributed by atoms with Gasteiger partial charge in [0, 0.05) is 29.0 Å². The van der Waals surface area contributed by atoms with Crippen molar-refractivity contribution in [2.24, 2.45) is 0 Å². The Labute approximate surface area is 123 Å². The minimum Gasteiger partial charge on any atom is -0.322 e. The van der Waals surface area contributed by atoms with Crippen LogP contribution >= 0.6 is 11.3 Å². The van der Waals surface area contributed by atoms with E-state index in [1.807, 2.05) is 0 Å². The summed E-state index contributed by atoms with van der Waals surface area (Å²) in [6.45, 7) is 0. The summed E-state index contributed by atoms with van der Waals surface area (Å²) in [4.78, 5) is 29.0. The van der Waals surface area contributed by atoms with Gasteiger partial charge in [0.15, 0.2) is 4.96 Å². The molecule has 3 aromatic rings. The second-order valence-corrected chi connectivity index (χ2v) is 5.08. The van der Waals surface area contributed by atoms with Crippen LogP contribution in [0, 0.1) is 12.3 Å². The molecule has 2 heterocycles. The van der Waals surface area contributed by atoms with Crippen LogP contribution in [0.4, 0.5) is 5.69 Å². The van der Waals surface area contributed by atoms with Gasteiger partial charge in [0.25, 0.3) is 11.5 Å². The fraction of sp³-hybridized carbons (Fsp3) is 0. The highest BCUT2D eigenvalue weighted by Crippen LogP contribution is 2.10. The zero-order valence-electron chi connectivity index (χ0n) is 10.7. The van der Waals surface area contributed by atoms with E-state index in [1.165, 1.54) is 21.9 Å². The van der Waals surface area contributed by atoms with Gasteiger partial charge in [0.05, 0.1) is 0 Å². The van der Waals surface area contributed by atoms with Crippen molar-refractivity contribution in [3.8, 4) is 12.3 Å². The molecule has 6 heteroatoms. The summed E-state index contributed by atoms with van der Waals surface area (Å²) in [6, 6.07) is 6.79. The van der Waals surface area contributed by atoms with Gasteiger partial charge in [0.2, 0.25) is 0 Å². The second kappa shape index (κ2) is 5.23. The summed E-state index contributed by atoms with van der Waals surface area (Å²) in [6.07, 6.45) is 8.15. The summed E-state index contributed by atoms with van der Waals surface area (Å²) in [5.74, 6) is 1.99. The molecule has 0 saturated carbocycles. The van der Waals surface area contributed by atoms with E-state index >= 15 is 0 Å². The number of benzene rings is 1. The number of rotatable bonds is 2. The third-order valence-corrected chi connectivity index (χ3v) is 3.67. The first-order valence-corrected chi connectivity index (χ1v) is 6.90. The largest absolute Gasteiger partial charge is 0.322 e. The maximum Gasteiger partial charge on any atom is 0.271 e. The van der Waals surface area contributed by atoms with Crippen LogP contribution in [0.15, 0.2) is 46.8 Å². The number of fused-ring (bicyclic) bond motifs is 1. The Bertz CT molecular complexity index is 916. The minimum absolute atomic E-state index is 0.00748. The first-order chi connectivity index (χ1) is 10.2. The van der Waals surface area contributed by atoms with Crippen molar-refractivity contribution in [1.82, 2.24) is 9.38 Å². The lowest BCUT2D eigenvalue weighted by molar-refractivity contribution is 0.102. The number of thiazole rings is 1. The Balaban J connectivity index is 1.91. The predicted molar refractivity (Wildman–Crippen MR) is 81.7 cm³/mol. The Hall–Kier alpha value is -2.91. The number of aromatic nitrogens is 2. The number of carbonyl (C=O) groups is 1. The van der Waals surface area contributed by atoms with Crippen molar-refractivity contribution in [3.05, 3.63) is 63.5 Å². The Morgan fingerprint density at radius 2 is 2.10 bits per heavy atom. The number of amides is 1. The number of hydrogen-bond donors (Lipinski definition) is 1. The molecular formula is C15H9N3O2S. The van der Waals surface area contributed by atoms with Gasteiger partial charge in [-0.1, -0.05) is 5.92 Å². The van der Waals surface area contributed by atoms with Gasteiger partial charge in [-0.25, -0.2) is 4.98 Å². The van der Waals surface area contributed by atoms with E-state index in [1.54, 1.807) is 35.8 Å². The van der Waals surface area contributed by atoms with Crippen LogP contribution in [0.2, 0.25) is 0 Å². The standard InChI is InChI=1S/C15H9N3O2S/c1-2-10-3-5-11(6-4-10)17-13(19)12-9-16-15-18(14(12)20)7-8-21-15/h1,3-9H,(H,17,19). The third kappa shape index (κ3) is 2.42. The summed E-state index contributed by atoms with van der Waals surface area (Å²) < 4.78 is 1.35. The Morgan fingerprint density at radius 1 is 1.33 bits per heavy atom. The molecule has 0 aliphatic heterocycles. The van der Waals surface area contributed by atoms with Gasteiger partial charge >= 0.3 is 0 Å². The van der Waals surface area contributed by atoms with Crippen molar-refractivity contribution >= 4 is 27.9 Å². The molecule has 1 N–H and O–H groups in total. The normalized spacial score (nSPS) is 10.2. The lowest BCUT2D eigenvalue weighted by Crippen LogP contribution is -2.25. The van der Waals surface area contributed by atoms with E-state index in [9.17, 15) is 9.59 Å². The fourth-order valence-corrected chi connectivity index (χ4v) is 2.50. The van der Waals surface area contributed by atoms with Crippen LogP contribution in [-0.2, 0) is 0 Å². The van der Waals surface area contributed by atoms with E-state index in [-0.39, 0.29) is 11.1 Å². The summed E-state index contributed by atoms with van der Waals surface area (Å²) >= 11 is 1.33. The van der Waals surface area contributed by atoms with E-state index in [0.29, 0.717) is 10.6 Å². The van der Waals surface area contributed by atoms with Crippen LogP contribution in [-0.4, -0.2) is 15.3 Å². The van der Waals surface area contributed by atoms with Gasteiger partial charge in [-0.3, -0.25) is 14.0 Å². The van der Waals surface area contributed by atoms with Gasteiger partial charge in [-0.2, -0.15) is 0 Å². The maximum atomic E-state index is 12.2. The van der Waals surface area contributed by atoms with E-state index in [4.69, 9.17) is 6.42 Å². The smallest absolute Gasteiger partial charge is 0.271 e. The minimum atomic E-state index is -0.499. The van der Waals surface area contributed by atoms with Gasteiger partial charge in [-0.05, 0) is 24.3 Å². The number of anilines is 1. The Kier molecular flexibility index (Phi) is 3.26. The molecule has 0 spiro atoms. The zero-order valence-corrected chi connectivity index (χ0v) is 11.6. The quantitative estimate of drug-likeness (QED) is 0.735. The highest BCUT2D eigenvalue weighted by molar-refractivity contribution is 7.15. The van der Waals surface area contributed by atoms with Crippen molar-refractivity contribution in [3.63, 3.8) is 0 Å². The topological polar surface area (TPSA) is 63.5 Å². The molecule has 0 radical (unpaired) electrons. The molecule has 0 atom stereocenters. The van der Waals surface area contributed by atoms with Crippen molar-refractivity contribution in [2.75, 3.05) is 5.32 Å². The van der Waals surface area contributed by atoms with Crippen LogP contribution in [0.3, 0.4) is 0 Å². The first kappa shape index (κ1) is 13.1.